The lowest BCUT2D eigenvalue weighted by atomic mass is 9.93. The topological polar surface area (TPSA) is 82.6 Å². The predicted octanol–water partition coefficient (Wildman–Crippen LogP) is 4.46. The quantitative estimate of drug-likeness (QED) is 0.361. The molecule has 1 aliphatic heterocycles. The Balaban J connectivity index is 2.03. The van der Waals surface area contributed by atoms with Crippen molar-refractivity contribution in [2.45, 2.75) is 26.3 Å². The van der Waals surface area contributed by atoms with Crippen molar-refractivity contribution in [1.82, 2.24) is 9.88 Å². The molecule has 1 amide bonds. The number of aliphatic hydroxyl groups excluding tert-OH is 1. The fraction of sp³-hybridized carbons (Fsp3) is 0.250. The Morgan fingerprint density at radius 1 is 1.23 bits per heavy atom. The molecule has 0 spiro atoms. The molecular formula is C24H23FN2O4. The van der Waals surface area contributed by atoms with Gasteiger partial charge in [-0.15, -0.1) is 0 Å². The molecule has 6 nitrogen and oxygen atoms in total. The number of aromatic amines is 1. The molecule has 0 aliphatic carbocycles. The molecule has 1 aromatic heterocycles. The number of aryl methyl sites for hydroxylation is 1. The van der Waals surface area contributed by atoms with Gasteiger partial charge in [0.15, 0.2) is 0 Å². The second kappa shape index (κ2) is 7.91. The van der Waals surface area contributed by atoms with Crippen molar-refractivity contribution in [2.24, 2.45) is 0 Å². The first-order valence-corrected chi connectivity index (χ1v) is 10.1. The number of ether oxygens (including phenoxy) is 1. The van der Waals surface area contributed by atoms with Crippen LogP contribution in [0.25, 0.3) is 16.7 Å². The first-order chi connectivity index (χ1) is 14.9. The molecule has 160 valence electrons. The van der Waals surface area contributed by atoms with Crippen LogP contribution in [0.4, 0.5) is 4.39 Å². The average molecular weight is 422 g/mol. The monoisotopic (exact) mass is 422 g/mol. The van der Waals surface area contributed by atoms with Gasteiger partial charge in [0.25, 0.3) is 11.7 Å². The van der Waals surface area contributed by atoms with Gasteiger partial charge in [0.2, 0.25) is 0 Å². The average Bonchev–Trinajstić information content (AvgIpc) is 3.21. The molecule has 2 N–H and O–H groups in total. The number of Topliss-reactive ketones (excluding diaryl/α,β-unsaturated/α-hetero) is 1. The first-order valence-electron chi connectivity index (χ1n) is 10.1. The van der Waals surface area contributed by atoms with E-state index in [1.807, 2.05) is 38.1 Å². The number of likely N-dealkylation sites (tertiary alicyclic amines) is 1. The fourth-order valence-electron chi connectivity index (χ4n) is 4.31. The lowest BCUT2D eigenvalue weighted by Crippen LogP contribution is -2.30. The number of fused-ring (bicyclic) bond motifs is 1. The van der Waals surface area contributed by atoms with Crippen LogP contribution in [-0.2, 0) is 9.59 Å². The van der Waals surface area contributed by atoms with Gasteiger partial charge in [0.1, 0.15) is 17.3 Å². The summed E-state index contributed by atoms with van der Waals surface area (Å²) < 4.78 is 19.2. The largest absolute Gasteiger partial charge is 0.507 e. The number of aromatic nitrogens is 1. The molecule has 1 saturated heterocycles. The number of methoxy groups -OCH3 is 1. The van der Waals surface area contributed by atoms with Crippen molar-refractivity contribution >= 4 is 28.4 Å². The number of amides is 1. The summed E-state index contributed by atoms with van der Waals surface area (Å²) in [5.74, 6) is -2.33. The molecule has 1 aliphatic rings. The third-order valence-electron chi connectivity index (χ3n) is 5.64. The van der Waals surface area contributed by atoms with E-state index in [0.717, 1.165) is 28.2 Å². The minimum absolute atomic E-state index is 0.0273. The Kier molecular flexibility index (Phi) is 5.27. The third kappa shape index (κ3) is 3.26. The Hall–Kier alpha value is -3.61. The number of carbonyl (C=O) groups is 2. The normalized spacial score (nSPS) is 18.2. The molecule has 0 bridgehead atoms. The summed E-state index contributed by atoms with van der Waals surface area (Å²) in [6.07, 6.45) is 0.633. The summed E-state index contributed by atoms with van der Waals surface area (Å²) in [5.41, 5.74) is 2.33. The van der Waals surface area contributed by atoms with Crippen molar-refractivity contribution in [1.29, 1.82) is 0 Å². The molecule has 31 heavy (non-hydrogen) atoms. The maximum absolute atomic E-state index is 14.0. The molecule has 1 fully saturated rings. The van der Waals surface area contributed by atoms with Crippen LogP contribution in [0.5, 0.6) is 5.75 Å². The SMILES string of the molecule is CCCN1C(=O)C(=O)/C(=C(/O)c2cc(F)ccc2OC)C1c1c(C)[nH]c2ccccc12. The van der Waals surface area contributed by atoms with E-state index >= 15 is 0 Å². The molecular weight excluding hydrogens is 399 g/mol. The van der Waals surface area contributed by atoms with Crippen LogP contribution in [0.1, 0.15) is 36.2 Å². The highest BCUT2D eigenvalue weighted by Gasteiger charge is 2.47. The van der Waals surface area contributed by atoms with Crippen LogP contribution >= 0.6 is 0 Å². The predicted molar refractivity (Wildman–Crippen MR) is 115 cm³/mol. The highest BCUT2D eigenvalue weighted by molar-refractivity contribution is 6.46. The number of rotatable bonds is 5. The summed E-state index contributed by atoms with van der Waals surface area (Å²) in [4.78, 5) is 30.8. The summed E-state index contributed by atoms with van der Waals surface area (Å²) in [6, 6.07) is 10.5. The van der Waals surface area contributed by atoms with E-state index in [9.17, 15) is 19.1 Å². The van der Waals surface area contributed by atoms with Gasteiger partial charge in [-0.2, -0.15) is 0 Å². The Bertz CT molecular complexity index is 1230. The molecule has 2 heterocycles. The van der Waals surface area contributed by atoms with Gasteiger partial charge in [-0.3, -0.25) is 9.59 Å². The van der Waals surface area contributed by atoms with Gasteiger partial charge < -0.3 is 19.7 Å². The molecule has 1 unspecified atom stereocenters. The zero-order valence-corrected chi connectivity index (χ0v) is 17.5. The number of benzene rings is 2. The van der Waals surface area contributed by atoms with E-state index in [1.165, 1.54) is 24.1 Å². The van der Waals surface area contributed by atoms with Crippen molar-refractivity contribution in [3.63, 3.8) is 0 Å². The van der Waals surface area contributed by atoms with Gasteiger partial charge in [-0.25, -0.2) is 4.39 Å². The second-order valence-electron chi connectivity index (χ2n) is 7.55. The number of nitrogens with one attached hydrogen (secondary N) is 1. The summed E-state index contributed by atoms with van der Waals surface area (Å²) in [5, 5.41) is 12.0. The van der Waals surface area contributed by atoms with Gasteiger partial charge >= 0.3 is 0 Å². The Morgan fingerprint density at radius 2 is 1.97 bits per heavy atom. The van der Waals surface area contributed by atoms with Gasteiger partial charge in [-0.05, 0) is 37.6 Å². The molecule has 3 aromatic rings. The molecule has 1 atom stereocenters. The minimum atomic E-state index is -0.802. The lowest BCUT2D eigenvalue weighted by molar-refractivity contribution is -0.139. The zero-order chi connectivity index (χ0) is 22.3. The van der Waals surface area contributed by atoms with Crippen molar-refractivity contribution in [2.75, 3.05) is 13.7 Å². The van der Waals surface area contributed by atoms with Crippen molar-refractivity contribution in [3.05, 3.63) is 70.7 Å². The maximum atomic E-state index is 14.0. The Morgan fingerprint density at radius 3 is 2.68 bits per heavy atom. The highest BCUT2D eigenvalue weighted by Crippen LogP contribution is 2.44. The maximum Gasteiger partial charge on any atom is 0.295 e. The number of halogens is 1. The number of ketones is 1. The van der Waals surface area contributed by atoms with E-state index < -0.39 is 29.3 Å². The standard InChI is InChI=1S/C24H23FN2O4/c1-4-11-27-21(19-13(2)26-17-8-6-5-7-15(17)19)20(23(29)24(27)30)22(28)16-12-14(25)9-10-18(16)31-3/h5-10,12,21,26,28H,4,11H2,1-3H3/b22-20+. The van der Waals surface area contributed by atoms with E-state index in [0.29, 0.717) is 13.0 Å². The van der Waals surface area contributed by atoms with E-state index in [2.05, 4.69) is 4.98 Å². The van der Waals surface area contributed by atoms with E-state index in [1.54, 1.807) is 0 Å². The summed E-state index contributed by atoms with van der Waals surface area (Å²) in [6.45, 7) is 4.11. The highest BCUT2D eigenvalue weighted by atomic mass is 19.1. The van der Waals surface area contributed by atoms with Gasteiger partial charge in [-0.1, -0.05) is 25.1 Å². The number of hydrogen-bond donors (Lipinski definition) is 2. The van der Waals surface area contributed by atoms with E-state index in [-0.39, 0.29) is 16.9 Å². The smallest absolute Gasteiger partial charge is 0.295 e. The molecule has 0 radical (unpaired) electrons. The number of aliphatic hydroxyl groups is 1. The first kappa shape index (κ1) is 20.7. The van der Waals surface area contributed by atoms with Crippen LogP contribution in [0.3, 0.4) is 0 Å². The van der Waals surface area contributed by atoms with Crippen LogP contribution < -0.4 is 4.74 Å². The lowest BCUT2D eigenvalue weighted by Gasteiger charge is -2.25. The van der Waals surface area contributed by atoms with Crippen molar-refractivity contribution < 1.29 is 23.8 Å². The number of H-pyrrole nitrogens is 1. The Labute approximate surface area is 178 Å². The zero-order valence-electron chi connectivity index (χ0n) is 17.5. The number of hydrogen-bond acceptors (Lipinski definition) is 4. The number of nitrogens with zero attached hydrogens (tertiary/aromatic N) is 1. The molecule has 4 rings (SSSR count). The summed E-state index contributed by atoms with van der Waals surface area (Å²) in [7, 11) is 1.39. The van der Waals surface area contributed by atoms with Crippen LogP contribution in [-0.4, -0.2) is 40.3 Å². The fourth-order valence-corrected chi connectivity index (χ4v) is 4.31. The van der Waals surface area contributed by atoms with Crippen molar-refractivity contribution in [3.8, 4) is 5.75 Å². The van der Waals surface area contributed by atoms with Gasteiger partial charge in [0.05, 0.1) is 24.3 Å². The molecule has 7 heteroatoms. The molecule has 0 saturated carbocycles. The van der Waals surface area contributed by atoms with E-state index in [4.69, 9.17) is 4.74 Å². The van der Waals surface area contributed by atoms with Crippen LogP contribution in [0.15, 0.2) is 48.0 Å². The number of para-hydroxylation sites is 1. The number of carbonyl (C=O) groups excluding carboxylic acids is 2. The third-order valence-corrected chi connectivity index (χ3v) is 5.64. The van der Waals surface area contributed by atoms with Gasteiger partial charge in [0, 0.05) is 28.7 Å². The minimum Gasteiger partial charge on any atom is -0.507 e. The molecule has 2 aromatic carbocycles. The van der Waals surface area contributed by atoms with Crippen LogP contribution in [0, 0.1) is 12.7 Å². The van der Waals surface area contributed by atoms with Crippen LogP contribution in [0.2, 0.25) is 0 Å². The summed E-state index contributed by atoms with van der Waals surface area (Å²) >= 11 is 0. The second-order valence-corrected chi connectivity index (χ2v) is 7.55.